The van der Waals surface area contributed by atoms with Crippen molar-refractivity contribution in [2.45, 2.75) is 44.2 Å². The summed E-state index contributed by atoms with van der Waals surface area (Å²) in [4.78, 5) is 23.7. The highest BCUT2D eigenvalue weighted by molar-refractivity contribution is 5.86. The van der Waals surface area contributed by atoms with Gasteiger partial charge in [-0.3, -0.25) is 14.7 Å². The van der Waals surface area contributed by atoms with E-state index >= 15 is 0 Å². The zero-order chi connectivity index (χ0) is 17.7. The molecule has 3 rings (SSSR count). The van der Waals surface area contributed by atoms with Gasteiger partial charge in [-0.2, -0.15) is 0 Å². The molecule has 3 heterocycles. The Morgan fingerprint density at radius 3 is 2.96 bits per heavy atom. The lowest BCUT2D eigenvalue weighted by Crippen LogP contribution is -2.54. The van der Waals surface area contributed by atoms with Gasteiger partial charge in [-0.15, -0.1) is 0 Å². The Hall–Kier alpha value is -2.21. The maximum Gasteiger partial charge on any atom is 0.240 e. The number of carbonyl (C=O) groups is 1. The van der Waals surface area contributed by atoms with Crippen LogP contribution < -0.4 is 5.32 Å². The first-order chi connectivity index (χ1) is 12.2. The van der Waals surface area contributed by atoms with Gasteiger partial charge < -0.3 is 9.88 Å². The molecule has 1 amide bonds. The lowest BCUT2D eigenvalue weighted by Gasteiger charge is -2.37. The van der Waals surface area contributed by atoms with E-state index in [4.69, 9.17) is 0 Å². The van der Waals surface area contributed by atoms with Crippen molar-refractivity contribution < 1.29 is 4.79 Å². The summed E-state index contributed by atoms with van der Waals surface area (Å²) in [6.45, 7) is 1.65. The number of pyridine rings is 1. The van der Waals surface area contributed by atoms with Crippen molar-refractivity contribution in [2.75, 3.05) is 13.6 Å². The van der Waals surface area contributed by atoms with Gasteiger partial charge in [0.1, 0.15) is 11.4 Å². The van der Waals surface area contributed by atoms with Crippen molar-refractivity contribution in [3.63, 3.8) is 0 Å². The molecule has 1 aliphatic heterocycles. The Balaban J connectivity index is 1.72. The van der Waals surface area contributed by atoms with Gasteiger partial charge in [0.05, 0.1) is 6.54 Å². The zero-order valence-electron chi connectivity index (χ0n) is 15.1. The third-order valence-electron chi connectivity index (χ3n) is 5.31. The number of carbonyl (C=O) groups excluding carboxylic acids is 1. The molecule has 0 bridgehead atoms. The van der Waals surface area contributed by atoms with Crippen LogP contribution in [0.4, 0.5) is 0 Å². The molecule has 0 spiro atoms. The minimum Gasteiger partial charge on any atom is -0.358 e. The first kappa shape index (κ1) is 17.6. The van der Waals surface area contributed by atoms with E-state index < -0.39 is 5.54 Å². The smallest absolute Gasteiger partial charge is 0.240 e. The van der Waals surface area contributed by atoms with E-state index in [1.165, 1.54) is 5.56 Å². The van der Waals surface area contributed by atoms with E-state index in [2.05, 4.69) is 26.3 Å². The molecule has 2 aromatic rings. The highest BCUT2D eigenvalue weighted by Gasteiger charge is 2.46. The summed E-state index contributed by atoms with van der Waals surface area (Å²) in [6.07, 6.45) is 12.2. The topological polar surface area (TPSA) is 63.1 Å². The maximum absolute atomic E-state index is 12.8. The molecule has 2 aromatic heterocycles. The van der Waals surface area contributed by atoms with Crippen LogP contribution in [-0.2, 0) is 24.8 Å². The molecule has 6 heteroatoms. The number of aromatic nitrogens is 3. The number of aryl methyl sites for hydroxylation is 2. The van der Waals surface area contributed by atoms with Crippen molar-refractivity contribution in [2.24, 2.45) is 7.05 Å². The Morgan fingerprint density at radius 2 is 2.28 bits per heavy atom. The van der Waals surface area contributed by atoms with Gasteiger partial charge in [-0.25, -0.2) is 4.98 Å². The van der Waals surface area contributed by atoms with E-state index in [-0.39, 0.29) is 5.91 Å². The average molecular weight is 341 g/mol. The summed E-state index contributed by atoms with van der Waals surface area (Å²) in [5, 5.41) is 2.90. The van der Waals surface area contributed by atoms with Gasteiger partial charge in [0, 0.05) is 38.9 Å². The van der Waals surface area contributed by atoms with Crippen molar-refractivity contribution in [3.05, 3.63) is 48.3 Å². The van der Waals surface area contributed by atoms with Crippen LogP contribution in [-0.4, -0.2) is 44.5 Å². The molecule has 25 heavy (non-hydrogen) atoms. The van der Waals surface area contributed by atoms with Gasteiger partial charge >= 0.3 is 0 Å². The highest BCUT2D eigenvalue weighted by Crippen LogP contribution is 2.35. The van der Waals surface area contributed by atoms with E-state index in [9.17, 15) is 4.79 Å². The number of hydrogen-bond acceptors (Lipinski definition) is 4. The SMILES string of the molecule is CNC(=O)C1(CCCc2cccnc2)CCCN1Cc1nccn1C. The number of likely N-dealkylation sites (N-methyl/N-ethyl adjacent to an activating group) is 1. The number of likely N-dealkylation sites (tertiary alicyclic amines) is 1. The van der Waals surface area contributed by atoms with Crippen molar-refractivity contribution in [1.29, 1.82) is 0 Å². The molecule has 1 saturated heterocycles. The Morgan fingerprint density at radius 1 is 1.40 bits per heavy atom. The lowest BCUT2D eigenvalue weighted by atomic mass is 9.87. The van der Waals surface area contributed by atoms with Gasteiger partial charge in [0.2, 0.25) is 5.91 Å². The molecule has 0 saturated carbocycles. The van der Waals surface area contributed by atoms with Gasteiger partial charge in [-0.05, 0) is 50.3 Å². The second-order valence-corrected chi connectivity index (χ2v) is 6.81. The summed E-state index contributed by atoms with van der Waals surface area (Å²) < 4.78 is 2.03. The van der Waals surface area contributed by atoms with Crippen LogP contribution in [0.5, 0.6) is 0 Å². The molecule has 0 aliphatic carbocycles. The monoisotopic (exact) mass is 341 g/mol. The van der Waals surface area contributed by atoms with Crippen molar-refractivity contribution in [3.8, 4) is 0 Å². The molecular formula is C19H27N5O. The van der Waals surface area contributed by atoms with Crippen molar-refractivity contribution in [1.82, 2.24) is 24.8 Å². The van der Waals surface area contributed by atoms with Crippen LogP contribution >= 0.6 is 0 Å². The summed E-state index contributed by atoms with van der Waals surface area (Å²) in [5.74, 6) is 1.13. The second-order valence-electron chi connectivity index (χ2n) is 6.81. The van der Waals surface area contributed by atoms with Crippen LogP contribution in [0.3, 0.4) is 0 Å². The predicted molar refractivity (Wildman–Crippen MR) is 96.8 cm³/mol. The normalized spacial score (nSPS) is 20.7. The van der Waals surface area contributed by atoms with Crippen molar-refractivity contribution >= 4 is 5.91 Å². The first-order valence-corrected chi connectivity index (χ1v) is 8.98. The number of nitrogens with one attached hydrogen (secondary N) is 1. The standard InChI is InChI=1S/C19H27N5O/c1-20-18(25)19(8-3-6-16-7-4-10-21-14-16)9-5-12-24(19)15-17-22-11-13-23(17)2/h4,7,10-11,13-14H,3,5-6,8-9,12,15H2,1-2H3,(H,20,25). The van der Waals surface area contributed by atoms with E-state index in [0.29, 0.717) is 6.54 Å². The van der Waals surface area contributed by atoms with Gasteiger partial charge in [-0.1, -0.05) is 6.07 Å². The van der Waals surface area contributed by atoms with Crippen LogP contribution in [0, 0.1) is 0 Å². The molecule has 0 radical (unpaired) electrons. The Labute approximate surface area is 149 Å². The van der Waals surface area contributed by atoms with E-state index in [0.717, 1.165) is 44.5 Å². The first-order valence-electron chi connectivity index (χ1n) is 8.98. The Bertz CT molecular complexity index is 699. The van der Waals surface area contributed by atoms with E-state index in [1.54, 1.807) is 13.2 Å². The quantitative estimate of drug-likeness (QED) is 0.836. The second kappa shape index (κ2) is 7.78. The van der Waals surface area contributed by atoms with Crippen LogP contribution in [0.2, 0.25) is 0 Å². The van der Waals surface area contributed by atoms with E-state index in [1.807, 2.05) is 36.3 Å². The predicted octanol–water partition coefficient (Wildman–Crippen LogP) is 1.92. The number of amides is 1. The highest BCUT2D eigenvalue weighted by atomic mass is 16.2. The number of rotatable bonds is 7. The summed E-state index contributed by atoms with van der Waals surface area (Å²) >= 11 is 0. The Kier molecular flexibility index (Phi) is 5.48. The third-order valence-corrected chi connectivity index (χ3v) is 5.31. The fourth-order valence-corrected chi connectivity index (χ4v) is 3.90. The summed E-state index contributed by atoms with van der Waals surface area (Å²) in [5.41, 5.74) is 0.798. The maximum atomic E-state index is 12.8. The van der Waals surface area contributed by atoms with Gasteiger partial charge in [0.15, 0.2) is 0 Å². The third kappa shape index (κ3) is 3.74. The molecule has 1 atom stereocenters. The van der Waals surface area contributed by atoms with Gasteiger partial charge in [0.25, 0.3) is 0 Å². The summed E-state index contributed by atoms with van der Waals surface area (Å²) in [7, 11) is 3.74. The number of nitrogens with zero attached hydrogens (tertiary/aromatic N) is 4. The molecular weight excluding hydrogens is 314 g/mol. The fraction of sp³-hybridized carbons (Fsp3) is 0.526. The molecule has 6 nitrogen and oxygen atoms in total. The number of hydrogen-bond donors (Lipinski definition) is 1. The molecule has 1 fully saturated rings. The zero-order valence-corrected chi connectivity index (χ0v) is 15.1. The van der Waals surface area contributed by atoms with Crippen LogP contribution in [0.25, 0.3) is 0 Å². The average Bonchev–Trinajstić information content (AvgIpc) is 3.23. The fourth-order valence-electron chi connectivity index (χ4n) is 3.90. The molecule has 1 aliphatic rings. The minimum atomic E-state index is -0.428. The largest absolute Gasteiger partial charge is 0.358 e. The minimum absolute atomic E-state index is 0.130. The molecule has 0 aromatic carbocycles. The number of imidazole rings is 1. The van der Waals surface area contributed by atoms with Crippen LogP contribution in [0.15, 0.2) is 36.9 Å². The molecule has 134 valence electrons. The van der Waals surface area contributed by atoms with Crippen LogP contribution in [0.1, 0.15) is 37.1 Å². The summed E-state index contributed by atoms with van der Waals surface area (Å²) in [6, 6.07) is 4.06. The molecule has 1 N–H and O–H groups in total. The molecule has 1 unspecified atom stereocenters. The lowest BCUT2D eigenvalue weighted by molar-refractivity contribution is -0.132.